The van der Waals surface area contributed by atoms with Gasteiger partial charge in [0.05, 0.1) is 16.2 Å². The Balaban J connectivity index is 1.85. The fourth-order valence-electron chi connectivity index (χ4n) is 2.51. The summed E-state index contributed by atoms with van der Waals surface area (Å²) < 4.78 is 51.2. The summed E-state index contributed by atoms with van der Waals surface area (Å²) >= 11 is 0. The smallest absolute Gasteiger partial charge is 0.268 e. The van der Waals surface area contributed by atoms with Gasteiger partial charge in [0.1, 0.15) is 0 Å². The second kappa shape index (κ2) is 5.34. The maximum absolute atomic E-state index is 13.9. The van der Waals surface area contributed by atoms with Crippen molar-refractivity contribution in [1.29, 1.82) is 0 Å². The monoisotopic (exact) mass is 346 g/mol. The summed E-state index contributed by atoms with van der Waals surface area (Å²) in [6.07, 6.45) is 2.67. The van der Waals surface area contributed by atoms with Gasteiger partial charge in [-0.3, -0.25) is 0 Å². The molecule has 0 saturated heterocycles. The van der Waals surface area contributed by atoms with E-state index in [1.54, 1.807) is 6.07 Å². The van der Waals surface area contributed by atoms with Crippen LogP contribution in [0.4, 0.5) is 4.39 Å². The summed E-state index contributed by atoms with van der Waals surface area (Å²) in [4.78, 5) is 3.59. The Morgan fingerprint density at radius 1 is 1.08 bits per heavy atom. The maximum Gasteiger partial charge on any atom is 0.268 e. The molecule has 24 heavy (non-hydrogen) atoms. The first kappa shape index (κ1) is 14.7. The lowest BCUT2D eigenvalue weighted by atomic mass is 10.2. The van der Waals surface area contributed by atoms with Gasteiger partial charge < -0.3 is 9.47 Å². The molecule has 4 rings (SSSR count). The molecular weight excluding hydrogens is 335 g/mol. The van der Waals surface area contributed by atoms with Crippen LogP contribution in [0.3, 0.4) is 0 Å². The van der Waals surface area contributed by atoms with E-state index in [0.29, 0.717) is 11.5 Å². The molecule has 2 aromatic heterocycles. The number of rotatable bonds is 3. The van der Waals surface area contributed by atoms with E-state index in [2.05, 4.69) is 4.98 Å². The van der Waals surface area contributed by atoms with E-state index in [9.17, 15) is 12.8 Å². The van der Waals surface area contributed by atoms with Crippen molar-refractivity contribution in [1.82, 2.24) is 8.96 Å². The van der Waals surface area contributed by atoms with Gasteiger partial charge >= 0.3 is 0 Å². The van der Waals surface area contributed by atoms with Crippen LogP contribution in [0.25, 0.3) is 11.3 Å². The molecule has 0 N–H and O–H groups in total. The lowest BCUT2D eigenvalue weighted by molar-refractivity contribution is 0.174. The Hall–Kier alpha value is -2.87. The number of nitrogens with zero attached hydrogens (tertiary/aromatic N) is 2. The molecule has 0 unspecified atom stereocenters. The molecule has 8 heteroatoms. The average Bonchev–Trinajstić information content (AvgIpc) is 3.24. The maximum atomic E-state index is 13.9. The molecule has 1 aliphatic rings. The number of fused-ring (bicyclic) bond motifs is 1. The predicted octanol–water partition coefficient (Wildman–Crippen LogP) is 2.65. The van der Waals surface area contributed by atoms with Crippen LogP contribution < -0.4 is 9.47 Å². The fourth-order valence-corrected chi connectivity index (χ4v) is 3.88. The molecule has 3 heterocycles. The van der Waals surface area contributed by atoms with Crippen LogP contribution in [0, 0.1) is 5.95 Å². The van der Waals surface area contributed by atoms with Gasteiger partial charge in [-0.15, -0.1) is 0 Å². The van der Waals surface area contributed by atoms with Crippen LogP contribution in [0.2, 0.25) is 0 Å². The number of ether oxygens (including phenoxy) is 2. The standard InChI is InChI=1S/C16H11FN2O4S/c17-16-12(3-1-7-18-16)13-4-2-8-19(13)24(20,21)11-5-6-14-15(9-11)23-10-22-14/h1-9H,10H2. The Kier molecular flexibility index (Phi) is 3.27. The highest BCUT2D eigenvalue weighted by atomic mass is 32.2. The number of pyridine rings is 1. The van der Waals surface area contributed by atoms with Gasteiger partial charge in [0.25, 0.3) is 10.0 Å². The summed E-state index contributed by atoms with van der Waals surface area (Å²) in [5, 5.41) is 0. The van der Waals surface area contributed by atoms with Crippen molar-refractivity contribution in [2.75, 3.05) is 6.79 Å². The Labute approximate surface area is 137 Å². The molecule has 0 atom stereocenters. The first-order valence-electron chi connectivity index (χ1n) is 7.01. The molecule has 122 valence electrons. The molecule has 1 aliphatic heterocycles. The molecule has 1 aromatic carbocycles. The highest BCUT2D eigenvalue weighted by Gasteiger charge is 2.24. The summed E-state index contributed by atoms with van der Waals surface area (Å²) in [6.45, 7) is 0.0501. The molecular formula is C16H11FN2O4S. The van der Waals surface area contributed by atoms with Crippen molar-refractivity contribution in [3.63, 3.8) is 0 Å². The summed E-state index contributed by atoms with van der Waals surface area (Å²) in [5.41, 5.74) is 0.296. The van der Waals surface area contributed by atoms with Gasteiger partial charge in [-0.1, -0.05) is 0 Å². The van der Waals surface area contributed by atoms with Crippen molar-refractivity contribution in [2.24, 2.45) is 0 Å². The Morgan fingerprint density at radius 3 is 2.75 bits per heavy atom. The molecule has 0 aliphatic carbocycles. The third-order valence-electron chi connectivity index (χ3n) is 3.65. The SMILES string of the molecule is O=S(=O)(c1ccc2c(c1)OCO2)n1cccc1-c1cccnc1F. The fraction of sp³-hybridized carbons (Fsp3) is 0.0625. The van der Waals surface area contributed by atoms with Gasteiger partial charge in [0.2, 0.25) is 12.7 Å². The highest BCUT2D eigenvalue weighted by Crippen LogP contribution is 2.35. The van der Waals surface area contributed by atoms with Crippen molar-refractivity contribution in [3.05, 3.63) is 60.8 Å². The molecule has 0 amide bonds. The van der Waals surface area contributed by atoms with Gasteiger partial charge in [0.15, 0.2) is 11.5 Å². The molecule has 0 bridgehead atoms. The van der Waals surface area contributed by atoms with Crippen LogP contribution in [0.15, 0.2) is 59.8 Å². The minimum atomic E-state index is -3.93. The summed E-state index contributed by atoms with van der Waals surface area (Å²) in [5.74, 6) is 0.107. The van der Waals surface area contributed by atoms with E-state index >= 15 is 0 Å². The third kappa shape index (κ3) is 2.23. The number of hydrogen-bond acceptors (Lipinski definition) is 5. The second-order valence-electron chi connectivity index (χ2n) is 5.05. The quantitative estimate of drug-likeness (QED) is 0.682. The van der Waals surface area contributed by atoms with Crippen molar-refractivity contribution in [2.45, 2.75) is 4.90 Å². The zero-order chi connectivity index (χ0) is 16.7. The molecule has 0 radical (unpaired) electrons. The Bertz CT molecular complexity index is 1030. The van der Waals surface area contributed by atoms with Crippen molar-refractivity contribution >= 4 is 10.0 Å². The molecule has 0 saturated carbocycles. The van der Waals surface area contributed by atoms with E-state index < -0.39 is 16.0 Å². The lowest BCUT2D eigenvalue weighted by Crippen LogP contribution is -2.13. The number of benzene rings is 1. The molecule has 6 nitrogen and oxygen atoms in total. The van der Waals surface area contributed by atoms with Crippen LogP contribution in [0.5, 0.6) is 11.5 Å². The van der Waals surface area contributed by atoms with E-state index in [1.807, 2.05) is 0 Å². The van der Waals surface area contributed by atoms with Crippen LogP contribution in [-0.4, -0.2) is 24.2 Å². The average molecular weight is 346 g/mol. The topological polar surface area (TPSA) is 70.4 Å². The number of aromatic nitrogens is 2. The number of hydrogen-bond donors (Lipinski definition) is 0. The van der Waals surface area contributed by atoms with E-state index in [-0.39, 0.29) is 22.9 Å². The predicted molar refractivity (Wildman–Crippen MR) is 82.8 cm³/mol. The first-order chi connectivity index (χ1) is 11.6. The minimum Gasteiger partial charge on any atom is -0.454 e. The Morgan fingerprint density at radius 2 is 1.92 bits per heavy atom. The van der Waals surface area contributed by atoms with E-state index in [0.717, 1.165) is 3.97 Å². The normalized spacial score (nSPS) is 13.2. The van der Waals surface area contributed by atoms with Crippen LogP contribution >= 0.6 is 0 Å². The van der Waals surface area contributed by atoms with Gasteiger partial charge in [-0.2, -0.15) is 4.39 Å². The minimum absolute atomic E-state index is 0.0218. The first-order valence-corrected chi connectivity index (χ1v) is 8.45. The molecule has 0 spiro atoms. The van der Waals surface area contributed by atoms with Crippen LogP contribution in [0.1, 0.15) is 0 Å². The largest absolute Gasteiger partial charge is 0.454 e. The third-order valence-corrected chi connectivity index (χ3v) is 5.33. The zero-order valence-electron chi connectivity index (χ0n) is 12.2. The molecule has 3 aromatic rings. The summed E-state index contributed by atoms with van der Waals surface area (Å²) in [7, 11) is -3.93. The van der Waals surface area contributed by atoms with E-state index in [1.165, 1.54) is 48.8 Å². The van der Waals surface area contributed by atoms with Crippen molar-refractivity contribution in [3.8, 4) is 22.8 Å². The van der Waals surface area contributed by atoms with E-state index in [4.69, 9.17) is 9.47 Å². The van der Waals surface area contributed by atoms with Crippen LogP contribution in [-0.2, 0) is 10.0 Å². The zero-order valence-corrected chi connectivity index (χ0v) is 13.0. The lowest BCUT2D eigenvalue weighted by Gasteiger charge is -2.11. The highest BCUT2D eigenvalue weighted by molar-refractivity contribution is 7.90. The molecule has 0 fully saturated rings. The number of halogens is 1. The van der Waals surface area contributed by atoms with Gasteiger partial charge in [-0.25, -0.2) is 17.4 Å². The van der Waals surface area contributed by atoms with Crippen molar-refractivity contribution < 1.29 is 22.3 Å². The second-order valence-corrected chi connectivity index (χ2v) is 6.87. The van der Waals surface area contributed by atoms with Gasteiger partial charge in [-0.05, 0) is 36.4 Å². The summed E-state index contributed by atoms with van der Waals surface area (Å²) in [6, 6.07) is 10.4. The van der Waals surface area contributed by atoms with Gasteiger partial charge in [0, 0.05) is 18.5 Å².